The molecule has 0 saturated heterocycles. The molecule has 11 heteroatoms. The van der Waals surface area contributed by atoms with Gasteiger partial charge < -0.3 is 34.3 Å². The van der Waals surface area contributed by atoms with Gasteiger partial charge in [0.2, 0.25) is 0 Å². The number of aliphatic carboxylic acids is 1. The largest absolute Gasteiger partial charge is 0.481 e. The summed E-state index contributed by atoms with van der Waals surface area (Å²) < 4.78 is 20.0. The van der Waals surface area contributed by atoms with Gasteiger partial charge in [-0.05, 0) is 80.6 Å². The Morgan fingerprint density at radius 3 is 1.54 bits per heavy atom. The standard InChI is InChI=1S/C13H26O3.C9H18O4.C7H14O2.C6H12O2/c1-5-7-8-12(4)15-9-10-16-13(14)11(3)6-2;1-4-9(2,3)8(12)13-6-7(11)5-10;1-5-7(2,3)6(8)9-4;1-4-6(2,3)5(7)8/h11-12H,5-10H2,1-4H3;7,10-11H,4-6H2,1-3H3;5H2,1-4H3;4H2,1-3H3,(H,7,8). The van der Waals surface area contributed by atoms with E-state index in [1.54, 1.807) is 27.7 Å². The predicted octanol–water partition coefficient (Wildman–Crippen LogP) is 6.59. The van der Waals surface area contributed by atoms with Crippen LogP contribution < -0.4 is 0 Å². The molecule has 0 saturated carbocycles. The van der Waals surface area contributed by atoms with Crippen molar-refractivity contribution in [2.75, 3.05) is 33.5 Å². The average molecular weight is 667 g/mol. The molecule has 0 aliphatic carbocycles. The van der Waals surface area contributed by atoms with E-state index < -0.39 is 22.9 Å². The molecule has 0 aromatic carbocycles. The van der Waals surface area contributed by atoms with Crippen LogP contribution in [0.15, 0.2) is 0 Å². The van der Waals surface area contributed by atoms with E-state index in [1.165, 1.54) is 20.0 Å². The van der Waals surface area contributed by atoms with Gasteiger partial charge in [0.05, 0.1) is 48.6 Å². The number of methoxy groups -OCH3 is 1. The molecule has 0 aromatic heterocycles. The molecular formula is C35H70O11. The van der Waals surface area contributed by atoms with Crippen LogP contribution in [0.25, 0.3) is 0 Å². The van der Waals surface area contributed by atoms with E-state index in [0.29, 0.717) is 26.1 Å². The number of hydrogen-bond donors (Lipinski definition) is 3. The van der Waals surface area contributed by atoms with E-state index in [2.05, 4.69) is 18.6 Å². The molecule has 276 valence electrons. The van der Waals surface area contributed by atoms with Crippen LogP contribution in [0, 0.1) is 22.2 Å². The summed E-state index contributed by atoms with van der Waals surface area (Å²) in [5.41, 5.74) is -1.37. The van der Waals surface area contributed by atoms with E-state index in [4.69, 9.17) is 29.5 Å². The molecule has 46 heavy (non-hydrogen) atoms. The zero-order valence-electron chi connectivity index (χ0n) is 31.6. The summed E-state index contributed by atoms with van der Waals surface area (Å²) >= 11 is 0. The Bertz CT molecular complexity index is 806. The van der Waals surface area contributed by atoms with Crippen LogP contribution in [-0.2, 0) is 38.1 Å². The topological polar surface area (TPSA) is 166 Å². The number of hydrogen-bond acceptors (Lipinski definition) is 10. The highest BCUT2D eigenvalue weighted by molar-refractivity contribution is 5.76. The third-order valence-corrected chi connectivity index (χ3v) is 7.85. The maximum absolute atomic E-state index is 11.3. The Morgan fingerprint density at radius 2 is 1.22 bits per heavy atom. The average Bonchev–Trinajstić information content (AvgIpc) is 3.03. The van der Waals surface area contributed by atoms with Gasteiger partial charge in [-0.2, -0.15) is 0 Å². The number of carbonyl (C=O) groups excluding carboxylic acids is 3. The summed E-state index contributed by atoms with van der Waals surface area (Å²) in [7, 11) is 1.42. The first-order chi connectivity index (χ1) is 21.1. The van der Waals surface area contributed by atoms with Crippen molar-refractivity contribution in [1.82, 2.24) is 0 Å². The predicted molar refractivity (Wildman–Crippen MR) is 181 cm³/mol. The molecular weight excluding hydrogens is 596 g/mol. The summed E-state index contributed by atoms with van der Waals surface area (Å²) in [5, 5.41) is 25.8. The monoisotopic (exact) mass is 666 g/mol. The molecule has 3 unspecified atom stereocenters. The number of aliphatic hydroxyl groups excluding tert-OH is 2. The lowest BCUT2D eigenvalue weighted by molar-refractivity contribution is -0.157. The SMILES string of the molecule is CCC(C)(C)C(=O)O.CCC(C)(C)C(=O)OC.CCC(C)(C)C(=O)OCC(O)CO.CCCCC(C)OCCOC(=O)C(C)CC. The van der Waals surface area contributed by atoms with Crippen molar-refractivity contribution >= 4 is 23.9 Å². The highest BCUT2D eigenvalue weighted by atomic mass is 16.6. The van der Waals surface area contributed by atoms with Crippen molar-refractivity contribution in [3.63, 3.8) is 0 Å². The fourth-order valence-electron chi connectivity index (χ4n) is 2.41. The number of esters is 3. The number of carbonyl (C=O) groups is 4. The van der Waals surface area contributed by atoms with Gasteiger partial charge in [0, 0.05) is 0 Å². The second-order valence-electron chi connectivity index (χ2n) is 13.2. The van der Waals surface area contributed by atoms with Gasteiger partial charge in [-0.25, -0.2) is 0 Å². The molecule has 0 radical (unpaired) electrons. The van der Waals surface area contributed by atoms with Crippen LogP contribution in [-0.4, -0.2) is 84.9 Å². The first-order valence-corrected chi connectivity index (χ1v) is 16.7. The normalized spacial score (nSPS) is 13.1. The van der Waals surface area contributed by atoms with Crippen LogP contribution in [0.5, 0.6) is 0 Å². The summed E-state index contributed by atoms with van der Waals surface area (Å²) in [6.45, 7) is 24.9. The van der Waals surface area contributed by atoms with Crippen molar-refractivity contribution < 1.29 is 53.4 Å². The minimum absolute atomic E-state index is 0.00230. The molecule has 0 heterocycles. The first-order valence-electron chi connectivity index (χ1n) is 16.7. The number of unbranched alkanes of at least 4 members (excludes halogenated alkanes) is 1. The third kappa shape index (κ3) is 26.9. The van der Waals surface area contributed by atoms with Gasteiger partial charge in [0.1, 0.15) is 19.3 Å². The number of carboxylic acids is 1. The molecule has 3 N–H and O–H groups in total. The van der Waals surface area contributed by atoms with E-state index in [0.717, 1.165) is 19.3 Å². The zero-order valence-corrected chi connectivity index (χ0v) is 31.6. The quantitative estimate of drug-likeness (QED) is 0.0820. The molecule has 0 spiro atoms. The van der Waals surface area contributed by atoms with Crippen LogP contribution in [0.2, 0.25) is 0 Å². The van der Waals surface area contributed by atoms with Gasteiger partial charge in [0.25, 0.3) is 0 Å². The highest BCUT2D eigenvalue weighted by Crippen LogP contribution is 2.22. The third-order valence-electron chi connectivity index (χ3n) is 7.85. The molecule has 0 fully saturated rings. The lowest BCUT2D eigenvalue weighted by Crippen LogP contribution is -2.30. The molecule has 0 aliphatic rings. The Balaban J connectivity index is -0.000000265. The van der Waals surface area contributed by atoms with Crippen LogP contribution in [0.4, 0.5) is 0 Å². The maximum Gasteiger partial charge on any atom is 0.311 e. The number of carboxylic acid groups (broad SMARTS) is 1. The Morgan fingerprint density at radius 1 is 0.739 bits per heavy atom. The highest BCUT2D eigenvalue weighted by Gasteiger charge is 2.27. The van der Waals surface area contributed by atoms with Crippen LogP contribution in [0.1, 0.15) is 135 Å². The van der Waals surface area contributed by atoms with Gasteiger partial charge in [-0.15, -0.1) is 0 Å². The van der Waals surface area contributed by atoms with Crippen molar-refractivity contribution in [3.8, 4) is 0 Å². The lowest BCUT2D eigenvalue weighted by atomic mass is 9.91. The molecule has 0 aliphatic heterocycles. The van der Waals surface area contributed by atoms with Crippen molar-refractivity contribution in [1.29, 1.82) is 0 Å². The molecule has 0 amide bonds. The Kier molecular flexibility index (Phi) is 30.6. The van der Waals surface area contributed by atoms with Crippen molar-refractivity contribution in [2.24, 2.45) is 22.2 Å². The molecule has 0 bridgehead atoms. The minimum Gasteiger partial charge on any atom is -0.481 e. The zero-order chi connectivity index (χ0) is 37.1. The number of rotatable bonds is 18. The molecule has 3 atom stereocenters. The number of ether oxygens (including phenoxy) is 4. The van der Waals surface area contributed by atoms with E-state index in [-0.39, 0.29) is 48.6 Å². The second kappa shape index (κ2) is 27.8. The summed E-state index contributed by atoms with van der Waals surface area (Å²) in [6.07, 6.45) is 5.76. The Hall–Kier alpha value is -2.24. The maximum atomic E-state index is 11.3. The van der Waals surface area contributed by atoms with E-state index in [9.17, 15) is 19.2 Å². The summed E-state index contributed by atoms with van der Waals surface area (Å²) in [6, 6.07) is 0. The molecule has 0 rings (SSSR count). The minimum atomic E-state index is -0.975. The van der Waals surface area contributed by atoms with Crippen molar-refractivity contribution in [3.05, 3.63) is 0 Å². The fourth-order valence-corrected chi connectivity index (χ4v) is 2.41. The van der Waals surface area contributed by atoms with Gasteiger partial charge >= 0.3 is 23.9 Å². The summed E-state index contributed by atoms with van der Waals surface area (Å²) in [4.78, 5) is 43.7. The molecule has 0 aromatic rings. The summed E-state index contributed by atoms with van der Waals surface area (Å²) in [5.74, 6) is -1.32. The lowest BCUT2D eigenvalue weighted by Gasteiger charge is -2.21. The van der Waals surface area contributed by atoms with Gasteiger partial charge in [-0.1, -0.05) is 54.4 Å². The molecule has 11 nitrogen and oxygen atoms in total. The van der Waals surface area contributed by atoms with E-state index in [1.807, 2.05) is 48.5 Å². The van der Waals surface area contributed by atoms with Crippen LogP contribution >= 0.6 is 0 Å². The fraction of sp³-hybridized carbons (Fsp3) is 0.886. The Labute approximate surface area is 280 Å². The second-order valence-corrected chi connectivity index (χ2v) is 13.2. The number of aliphatic hydroxyl groups is 2. The smallest absolute Gasteiger partial charge is 0.311 e. The first kappa shape index (κ1) is 50.6. The van der Waals surface area contributed by atoms with Crippen LogP contribution in [0.3, 0.4) is 0 Å². The van der Waals surface area contributed by atoms with Crippen molar-refractivity contribution in [2.45, 2.75) is 147 Å². The van der Waals surface area contributed by atoms with E-state index >= 15 is 0 Å². The van der Waals surface area contributed by atoms with Gasteiger partial charge in [0.15, 0.2) is 0 Å². The van der Waals surface area contributed by atoms with Gasteiger partial charge in [-0.3, -0.25) is 19.2 Å².